The van der Waals surface area contributed by atoms with Crippen LogP contribution in [0.15, 0.2) is 24.3 Å². The minimum absolute atomic E-state index is 0.0188. The number of hydrogen-bond acceptors (Lipinski definition) is 3. The van der Waals surface area contributed by atoms with Gasteiger partial charge in [0.25, 0.3) is 5.91 Å². The zero-order valence-corrected chi connectivity index (χ0v) is 16.7. The number of amides is 2. The third kappa shape index (κ3) is 5.06. The van der Waals surface area contributed by atoms with E-state index in [1.807, 2.05) is 29.2 Å². The predicted molar refractivity (Wildman–Crippen MR) is 108 cm³/mol. The zero-order chi connectivity index (χ0) is 19.3. The molecule has 5 nitrogen and oxygen atoms in total. The highest BCUT2D eigenvalue weighted by Crippen LogP contribution is 2.32. The van der Waals surface area contributed by atoms with Crippen molar-refractivity contribution >= 4 is 11.8 Å². The van der Waals surface area contributed by atoms with Gasteiger partial charge in [-0.1, -0.05) is 25.7 Å². The average molecular weight is 385 g/mol. The molecule has 0 aromatic heterocycles. The lowest BCUT2D eigenvalue weighted by Crippen LogP contribution is -2.42. The Balaban J connectivity index is 1.24. The highest BCUT2D eigenvalue weighted by atomic mass is 16.5. The largest absolute Gasteiger partial charge is 0.490 e. The van der Waals surface area contributed by atoms with Crippen LogP contribution < -0.4 is 10.1 Å². The van der Waals surface area contributed by atoms with E-state index in [2.05, 4.69) is 5.32 Å². The van der Waals surface area contributed by atoms with Gasteiger partial charge >= 0.3 is 0 Å². The number of rotatable bonds is 5. The van der Waals surface area contributed by atoms with Crippen LogP contribution in [0.4, 0.5) is 0 Å². The Hall–Kier alpha value is -2.04. The summed E-state index contributed by atoms with van der Waals surface area (Å²) >= 11 is 0. The molecule has 1 aliphatic heterocycles. The second-order valence-corrected chi connectivity index (χ2v) is 8.60. The molecule has 2 amide bonds. The lowest BCUT2D eigenvalue weighted by Gasteiger charge is -2.32. The normalized spacial score (nSPS) is 21.8. The number of piperidine rings is 1. The molecule has 0 radical (unpaired) electrons. The highest BCUT2D eigenvalue weighted by Gasteiger charge is 2.35. The first-order valence-corrected chi connectivity index (χ1v) is 11.1. The summed E-state index contributed by atoms with van der Waals surface area (Å²) in [5.41, 5.74) is 0.696. The molecule has 1 N–H and O–H groups in total. The van der Waals surface area contributed by atoms with Crippen molar-refractivity contribution in [3.8, 4) is 5.75 Å². The number of likely N-dealkylation sites (tertiary alicyclic amines) is 1. The highest BCUT2D eigenvalue weighted by molar-refractivity contribution is 5.94. The van der Waals surface area contributed by atoms with Crippen molar-refractivity contribution in [2.75, 3.05) is 13.1 Å². The van der Waals surface area contributed by atoms with Gasteiger partial charge in [-0.05, 0) is 49.9 Å². The molecule has 0 unspecified atom stereocenters. The summed E-state index contributed by atoms with van der Waals surface area (Å²) in [6.07, 6.45) is 11.2. The summed E-state index contributed by atoms with van der Waals surface area (Å²) in [6.45, 7) is 1.59. The first-order valence-electron chi connectivity index (χ1n) is 11.1. The Morgan fingerprint density at radius 1 is 0.857 bits per heavy atom. The zero-order valence-electron chi connectivity index (χ0n) is 16.7. The van der Waals surface area contributed by atoms with E-state index in [1.54, 1.807) is 0 Å². The molecule has 152 valence electrons. The molecule has 2 aliphatic carbocycles. The number of nitrogens with one attached hydrogen (secondary N) is 1. The van der Waals surface area contributed by atoms with E-state index in [-0.39, 0.29) is 12.0 Å². The van der Waals surface area contributed by atoms with Crippen molar-refractivity contribution in [2.45, 2.75) is 76.4 Å². The number of ether oxygens (including phenoxy) is 1. The Kier molecular flexibility index (Phi) is 6.18. The molecule has 3 aliphatic rings. The van der Waals surface area contributed by atoms with E-state index in [1.165, 1.54) is 25.7 Å². The van der Waals surface area contributed by atoms with Gasteiger partial charge in [0.15, 0.2) is 0 Å². The van der Waals surface area contributed by atoms with Gasteiger partial charge in [0.05, 0.1) is 0 Å². The van der Waals surface area contributed by atoms with Crippen molar-refractivity contribution in [3.05, 3.63) is 29.8 Å². The maximum absolute atomic E-state index is 12.5. The fourth-order valence-corrected chi connectivity index (χ4v) is 4.35. The molecule has 1 aromatic rings. The number of benzene rings is 1. The number of carbonyl (C=O) groups excluding carboxylic acids is 2. The maximum Gasteiger partial charge on any atom is 0.251 e. The van der Waals surface area contributed by atoms with E-state index >= 15 is 0 Å². The van der Waals surface area contributed by atoms with Gasteiger partial charge < -0.3 is 15.0 Å². The van der Waals surface area contributed by atoms with Gasteiger partial charge in [-0.25, -0.2) is 0 Å². The molecule has 5 heteroatoms. The van der Waals surface area contributed by atoms with Gasteiger partial charge in [0, 0.05) is 43.5 Å². The van der Waals surface area contributed by atoms with Gasteiger partial charge in [-0.15, -0.1) is 0 Å². The van der Waals surface area contributed by atoms with Crippen LogP contribution in [-0.2, 0) is 4.79 Å². The molecule has 4 rings (SSSR count). The monoisotopic (exact) mass is 384 g/mol. The summed E-state index contributed by atoms with van der Waals surface area (Å²) < 4.78 is 6.09. The van der Waals surface area contributed by atoms with Crippen LogP contribution in [0.1, 0.15) is 74.6 Å². The quantitative estimate of drug-likeness (QED) is 0.783. The number of carbonyl (C=O) groups is 2. The second-order valence-electron chi connectivity index (χ2n) is 8.60. The van der Waals surface area contributed by atoms with Crippen LogP contribution in [0.25, 0.3) is 0 Å². The van der Waals surface area contributed by atoms with Gasteiger partial charge in [-0.2, -0.15) is 0 Å². The van der Waals surface area contributed by atoms with Crippen LogP contribution >= 0.6 is 0 Å². The van der Waals surface area contributed by atoms with Crippen LogP contribution in [0.3, 0.4) is 0 Å². The topological polar surface area (TPSA) is 58.6 Å². The molecule has 1 aromatic carbocycles. The SMILES string of the molecule is O=C(NC1CCCCCC1)c1ccc(OC2CCN(C(=O)C3CC3)CC2)cc1. The van der Waals surface area contributed by atoms with Crippen molar-refractivity contribution in [2.24, 2.45) is 5.92 Å². The van der Waals surface area contributed by atoms with E-state index in [0.29, 0.717) is 23.4 Å². The first-order chi connectivity index (χ1) is 13.7. The predicted octanol–water partition coefficient (Wildman–Crippen LogP) is 3.92. The summed E-state index contributed by atoms with van der Waals surface area (Å²) in [7, 11) is 0. The van der Waals surface area contributed by atoms with Gasteiger partial charge in [0.2, 0.25) is 5.91 Å². The minimum Gasteiger partial charge on any atom is -0.490 e. The summed E-state index contributed by atoms with van der Waals surface area (Å²) in [6, 6.07) is 7.81. The fraction of sp³-hybridized carbons (Fsp3) is 0.652. The minimum atomic E-state index is 0.0188. The standard InChI is InChI=1S/C23H32N2O3/c26-22(24-19-5-3-1-2-4-6-19)17-9-11-20(12-10-17)28-21-13-15-25(16-14-21)23(27)18-7-8-18/h9-12,18-19,21H,1-8,13-16H2,(H,24,26). The Morgan fingerprint density at radius 3 is 2.11 bits per heavy atom. The molecular weight excluding hydrogens is 352 g/mol. The smallest absolute Gasteiger partial charge is 0.251 e. The second kappa shape index (κ2) is 8.97. The van der Waals surface area contributed by atoms with Crippen molar-refractivity contribution in [3.63, 3.8) is 0 Å². The lowest BCUT2D eigenvalue weighted by molar-refractivity contribution is -0.134. The van der Waals surface area contributed by atoms with Gasteiger partial charge in [-0.3, -0.25) is 9.59 Å². The molecule has 28 heavy (non-hydrogen) atoms. The molecule has 1 saturated heterocycles. The molecule has 2 saturated carbocycles. The number of hydrogen-bond donors (Lipinski definition) is 1. The average Bonchev–Trinajstić information content (AvgIpc) is 3.57. The number of nitrogens with zero attached hydrogens (tertiary/aromatic N) is 1. The molecule has 1 heterocycles. The van der Waals surface area contributed by atoms with E-state index in [4.69, 9.17) is 4.74 Å². The molecular formula is C23H32N2O3. The van der Waals surface area contributed by atoms with Crippen LogP contribution in [0.2, 0.25) is 0 Å². The van der Waals surface area contributed by atoms with Crippen LogP contribution in [0, 0.1) is 5.92 Å². The fourth-order valence-electron chi connectivity index (χ4n) is 4.35. The molecule has 3 fully saturated rings. The lowest BCUT2D eigenvalue weighted by atomic mass is 10.1. The van der Waals surface area contributed by atoms with Crippen molar-refractivity contribution in [1.29, 1.82) is 0 Å². The Labute approximate surface area is 167 Å². The molecule has 0 spiro atoms. The van der Waals surface area contributed by atoms with E-state index in [9.17, 15) is 9.59 Å². The van der Waals surface area contributed by atoms with Crippen LogP contribution in [0.5, 0.6) is 5.75 Å². The summed E-state index contributed by atoms with van der Waals surface area (Å²) in [5, 5.41) is 3.19. The third-order valence-electron chi connectivity index (χ3n) is 6.29. The van der Waals surface area contributed by atoms with Crippen LogP contribution in [-0.4, -0.2) is 41.9 Å². The van der Waals surface area contributed by atoms with Crippen molar-refractivity contribution in [1.82, 2.24) is 10.2 Å². The molecule has 0 atom stereocenters. The Bertz CT molecular complexity index is 668. The third-order valence-corrected chi connectivity index (χ3v) is 6.29. The van der Waals surface area contributed by atoms with Crippen molar-refractivity contribution < 1.29 is 14.3 Å². The van der Waals surface area contributed by atoms with Gasteiger partial charge in [0.1, 0.15) is 11.9 Å². The van der Waals surface area contributed by atoms with E-state index in [0.717, 1.165) is 57.4 Å². The molecule has 0 bridgehead atoms. The summed E-state index contributed by atoms with van der Waals surface area (Å²) in [5.74, 6) is 1.46. The maximum atomic E-state index is 12.5. The summed E-state index contributed by atoms with van der Waals surface area (Å²) in [4.78, 5) is 26.6. The first kappa shape index (κ1) is 19.3. The Morgan fingerprint density at radius 2 is 1.50 bits per heavy atom. The van der Waals surface area contributed by atoms with E-state index < -0.39 is 0 Å².